The van der Waals surface area contributed by atoms with E-state index in [9.17, 15) is 4.79 Å². The van der Waals surface area contributed by atoms with Gasteiger partial charge in [-0.2, -0.15) is 0 Å². The summed E-state index contributed by atoms with van der Waals surface area (Å²) in [6, 6.07) is 2.04. The number of carbonyl (C=O) groups is 1. The number of rotatable bonds is 6. The zero-order valence-electron chi connectivity index (χ0n) is 12.4. The maximum atomic E-state index is 12.2. The molecule has 1 aromatic heterocycles. The minimum Gasteiger partial charge on any atom is -0.360 e. The van der Waals surface area contributed by atoms with Crippen molar-refractivity contribution in [1.29, 1.82) is 0 Å². The molecule has 0 bridgehead atoms. The standard InChI is InChI=1S/C15H24N4O2/c16-6-1-7-19-8-4-12(5-9-19)17-15(20)13-10-14(21-18-13)11-2-3-11/h10-12H,1-9,16H2,(H,17,20). The number of piperidine rings is 1. The first kappa shape index (κ1) is 14.5. The molecule has 6 nitrogen and oxygen atoms in total. The van der Waals surface area contributed by atoms with Crippen LogP contribution >= 0.6 is 0 Å². The van der Waals surface area contributed by atoms with Crippen LogP contribution in [0.3, 0.4) is 0 Å². The Morgan fingerprint density at radius 1 is 1.38 bits per heavy atom. The highest BCUT2D eigenvalue weighted by Gasteiger charge is 2.29. The minimum absolute atomic E-state index is 0.106. The molecule has 1 aliphatic carbocycles. The van der Waals surface area contributed by atoms with Crippen LogP contribution in [0.1, 0.15) is 54.3 Å². The molecular formula is C15H24N4O2. The highest BCUT2D eigenvalue weighted by atomic mass is 16.5. The number of amides is 1. The van der Waals surface area contributed by atoms with E-state index in [0.717, 1.165) is 64.0 Å². The summed E-state index contributed by atoms with van der Waals surface area (Å²) in [6.45, 7) is 3.85. The molecular weight excluding hydrogens is 268 g/mol. The van der Waals surface area contributed by atoms with Crippen LogP contribution in [0.25, 0.3) is 0 Å². The minimum atomic E-state index is -0.106. The maximum Gasteiger partial charge on any atom is 0.273 e. The molecule has 1 amide bonds. The van der Waals surface area contributed by atoms with Gasteiger partial charge in [-0.1, -0.05) is 5.16 Å². The number of hydrogen-bond acceptors (Lipinski definition) is 5. The smallest absolute Gasteiger partial charge is 0.273 e. The van der Waals surface area contributed by atoms with Gasteiger partial charge >= 0.3 is 0 Å². The van der Waals surface area contributed by atoms with E-state index < -0.39 is 0 Å². The van der Waals surface area contributed by atoms with E-state index in [1.54, 1.807) is 6.07 Å². The van der Waals surface area contributed by atoms with Crippen molar-refractivity contribution in [3.05, 3.63) is 17.5 Å². The topological polar surface area (TPSA) is 84.4 Å². The molecule has 1 aromatic rings. The molecule has 0 radical (unpaired) electrons. The first-order valence-corrected chi connectivity index (χ1v) is 7.96. The Morgan fingerprint density at radius 2 is 2.14 bits per heavy atom. The van der Waals surface area contributed by atoms with Gasteiger partial charge in [-0.25, -0.2) is 0 Å². The lowest BCUT2D eigenvalue weighted by Gasteiger charge is -2.32. The Labute approximate surface area is 125 Å². The van der Waals surface area contributed by atoms with Gasteiger partial charge in [0.15, 0.2) is 5.69 Å². The van der Waals surface area contributed by atoms with Crippen molar-refractivity contribution >= 4 is 5.91 Å². The van der Waals surface area contributed by atoms with Gasteiger partial charge in [-0.3, -0.25) is 4.79 Å². The molecule has 0 unspecified atom stereocenters. The van der Waals surface area contributed by atoms with Crippen LogP contribution in [0.4, 0.5) is 0 Å². The molecule has 3 rings (SSSR count). The van der Waals surface area contributed by atoms with Crippen molar-refractivity contribution in [1.82, 2.24) is 15.4 Å². The van der Waals surface area contributed by atoms with E-state index in [2.05, 4.69) is 15.4 Å². The fourth-order valence-electron chi connectivity index (χ4n) is 2.83. The Bertz CT molecular complexity index is 476. The van der Waals surface area contributed by atoms with Crippen molar-refractivity contribution in [3.63, 3.8) is 0 Å². The van der Waals surface area contributed by atoms with Crippen LogP contribution in [-0.2, 0) is 0 Å². The third-order valence-corrected chi connectivity index (χ3v) is 4.34. The van der Waals surface area contributed by atoms with Crippen molar-refractivity contribution in [2.24, 2.45) is 5.73 Å². The number of nitrogens with one attached hydrogen (secondary N) is 1. The van der Waals surface area contributed by atoms with Gasteiger partial charge in [0.25, 0.3) is 5.91 Å². The van der Waals surface area contributed by atoms with Crippen LogP contribution < -0.4 is 11.1 Å². The molecule has 2 fully saturated rings. The summed E-state index contributed by atoms with van der Waals surface area (Å²) in [4.78, 5) is 14.6. The second-order valence-corrected chi connectivity index (χ2v) is 6.12. The summed E-state index contributed by atoms with van der Waals surface area (Å²) in [6.07, 6.45) is 5.32. The number of carbonyl (C=O) groups excluding carboxylic acids is 1. The van der Waals surface area contributed by atoms with Crippen LogP contribution in [0.5, 0.6) is 0 Å². The molecule has 1 saturated heterocycles. The van der Waals surface area contributed by atoms with Crippen molar-refractivity contribution in [3.8, 4) is 0 Å². The van der Waals surface area contributed by atoms with Gasteiger partial charge in [0.05, 0.1) is 0 Å². The molecule has 0 spiro atoms. The normalized spacial score (nSPS) is 20.6. The third-order valence-electron chi connectivity index (χ3n) is 4.34. The SMILES string of the molecule is NCCCN1CCC(NC(=O)c2cc(C3CC3)on2)CC1. The fraction of sp³-hybridized carbons (Fsp3) is 0.733. The van der Waals surface area contributed by atoms with Crippen LogP contribution in [-0.4, -0.2) is 48.2 Å². The van der Waals surface area contributed by atoms with E-state index in [0.29, 0.717) is 11.6 Å². The largest absolute Gasteiger partial charge is 0.360 e. The van der Waals surface area contributed by atoms with E-state index >= 15 is 0 Å². The zero-order valence-corrected chi connectivity index (χ0v) is 12.4. The fourth-order valence-corrected chi connectivity index (χ4v) is 2.83. The summed E-state index contributed by atoms with van der Waals surface area (Å²) in [5.41, 5.74) is 5.95. The molecule has 3 N–H and O–H groups in total. The van der Waals surface area contributed by atoms with Gasteiger partial charge < -0.3 is 20.5 Å². The predicted octanol–water partition coefficient (Wildman–Crippen LogP) is 1.09. The van der Waals surface area contributed by atoms with Crippen molar-refractivity contribution in [2.45, 2.75) is 44.1 Å². The van der Waals surface area contributed by atoms with E-state index in [1.165, 1.54) is 0 Å². The van der Waals surface area contributed by atoms with Crippen molar-refractivity contribution < 1.29 is 9.32 Å². The highest BCUT2D eigenvalue weighted by molar-refractivity contribution is 5.92. The molecule has 1 saturated carbocycles. The monoisotopic (exact) mass is 292 g/mol. The Morgan fingerprint density at radius 3 is 2.81 bits per heavy atom. The van der Waals surface area contributed by atoms with Gasteiger partial charge in [-0.15, -0.1) is 0 Å². The van der Waals surface area contributed by atoms with Gasteiger partial charge in [0, 0.05) is 31.1 Å². The van der Waals surface area contributed by atoms with E-state index in [1.807, 2.05) is 0 Å². The Hall–Kier alpha value is -1.40. The first-order valence-electron chi connectivity index (χ1n) is 7.96. The van der Waals surface area contributed by atoms with Gasteiger partial charge in [-0.05, 0) is 45.2 Å². The summed E-state index contributed by atoms with van der Waals surface area (Å²) in [5.74, 6) is 1.24. The van der Waals surface area contributed by atoms with Gasteiger partial charge in [0.2, 0.25) is 0 Å². The van der Waals surface area contributed by atoms with E-state index in [4.69, 9.17) is 10.3 Å². The second kappa shape index (κ2) is 6.58. The highest BCUT2D eigenvalue weighted by Crippen LogP contribution is 2.40. The van der Waals surface area contributed by atoms with Crippen LogP contribution in [0.2, 0.25) is 0 Å². The average molecular weight is 292 g/mol. The van der Waals surface area contributed by atoms with E-state index in [-0.39, 0.29) is 11.9 Å². The summed E-state index contributed by atoms with van der Waals surface area (Å²) < 4.78 is 5.23. The maximum absolute atomic E-state index is 12.2. The molecule has 0 aromatic carbocycles. The second-order valence-electron chi connectivity index (χ2n) is 6.12. The molecule has 1 aliphatic heterocycles. The molecule has 2 aliphatic rings. The lowest BCUT2D eigenvalue weighted by atomic mass is 10.0. The number of nitrogens with zero attached hydrogens (tertiary/aromatic N) is 2. The zero-order chi connectivity index (χ0) is 14.7. The third kappa shape index (κ3) is 3.83. The lowest BCUT2D eigenvalue weighted by molar-refractivity contribution is 0.0902. The number of nitrogens with two attached hydrogens (primary N) is 1. The average Bonchev–Trinajstić information content (AvgIpc) is 3.23. The number of aromatic nitrogens is 1. The molecule has 6 heteroatoms. The van der Waals surface area contributed by atoms with Crippen molar-refractivity contribution in [2.75, 3.05) is 26.2 Å². The molecule has 2 heterocycles. The molecule has 116 valence electrons. The number of likely N-dealkylation sites (tertiary alicyclic amines) is 1. The van der Waals surface area contributed by atoms with Gasteiger partial charge in [0.1, 0.15) is 5.76 Å². The number of hydrogen-bond donors (Lipinski definition) is 2. The Kier molecular flexibility index (Phi) is 4.55. The summed E-state index contributed by atoms with van der Waals surface area (Å²) >= 11 is 0. The van der Waals surface area contributed by atoms with Crippen LogP contribution in [0.15, 0.2) is 10.6 Å². The quantitative estimate of drug-likeness (QED) is 0.820. The molecule has 21 heavy (non-hydrogen) atoms. The lowest BCUT2D eigenvalue weighted by Crippen LogP contribution is -2.45. The first-order chi connectivity index (χ1) is 10.3. The summed E-state index contributed by atoms with van der Waals surface area (Å²) in [7, 11) is 0. The van der Waals surface area contributed by atoms with Crippen LogP contribution in [0, 0.1) is 0 Å². The predicted molar refractivity (Wildman–Crippen MR) is 79.1 cm³/mol. The Balaban J connectivity index is 1.44. The molecule has 0 atom stereocenters. The summed E-state index contributed by atoms with van der Waals surface area (Å²) in [5, 5.41) is 6.96.